The number of rotatable bonds is 6. The highest BCUT2D eigenvalue weighted by atomic mass is 35.5. The lowest BCUT2D eigenvalue weighted by atomic mass is 10.2. The number of aryl methyl sites for hydroxylation is 1. The molecule has 2 aromatic rings. The number of hydrogen-bond donors (Lipinski definition) is 1. The minimum atomic E-state index is 0.527. The summed E-state index contributed by atoms with van der Waals surface area (Å²) in [7, 11) is 0. The summed E-state index contributed by atoms with van der Waals surface area (Å²) in [5.74, 6) is 2.56. The summed E-state index contributed by atoms with van der Waals surface area (Å²) in [6, 6.07) is 3.85. The van der Waals surface area contributed by atoms with Crippen LogP contribution in [0.5, 0.6) is 0 Å². The second-order valence-corrected chi connectivity index (χ2v) is 4.77. The van der Waals surface area contributed by atoms with Crippen LogP contribution in [0, 0.1) is 6.92 Å². The van der Waals surface area contributed by atoms with Gasteiger partial charge in [-0.2, -0.15) is 0 Å². The largest absolute Gasteiger partial charge is 0.469 e. The predicted molar refractivity (Wildman–Crippen MR) is 76.7 cm³/mol. The topological polar surface area (TPSA) is 51.0 Å². The fraction of sp³-hybridized carbons (Fsp3) is 0.429. The van der Waals surface area contributed by atoms with Crippen LogP contribution in [0.3, 0.4) is 0 Å². The molecule has 0 spiro atoms. The first-order chi connectivity index (χ1) is 9.20. The van der Waals surface area contributed by atoms with Gasteiger partial charge in [-0.3, -0.25) is 0 Å². The Balaban J connectivity index is 2.02. The molecule has 102 valence electrons. The predicted octanol–water partition coefficient (Wildman–Crippen LogP) is 3.64. The van der Waals surface area contributed by atoms with Gasteiger partial charge in [0.25, 0.3) is 0 Å². The van der Waals surface area contributed by atoms with Gasteiger partial charge in [0, 0.05) is 24.9 Å². The SMILES string of the molecule is CCCc1nc(Cl)c(C)c(NCCc2ccco2)n1. The maximum Gasteiger partial charge on any atom is 0.137 e. The zero-order valence-corrected chi connectivity index (χ0v) is 12.0. The summed E-state index contributed by atoms with van der Waals surface area (Å²) in [6.07, 6.45) is 4.34. The van der Waals surface area contributed by atoms with Gasteiger partial charge in [-0.1, -0.05) is 18.5 Å². The van der Waals surface area contributed by atoms with E-state index in [9.17, 15) is 0 Å². The Kier molecular flexibility index (Phi) is 4.80. The third-order valence-corrected chi connectivity index (χ3v) is 3.22. The lowest BCUT2D eigenvalue weighted by Gasteiger charge is -2.10. The smallest absolute Gasteiger partial charge is 0.137 e. The minimum absolute atomic E-state index is 0.527. The highest BCUT2D eigenvalue weighted by Gasteiger charge is 2.08. The van der Waals surface area contributed by atoms with E-state index < -0.39 is 0 Å². The average Bonchev–Trinajstić information content (AvgIpc) is 2.88. The van der Waals surface area contributed by atoms with Crippen LogP contribution in [0.15, 0.2) is 22.8 Å². The summed E-state index contributed by atoms with van der Waals surface area (Å²) in [6.45, 7) is 4.78. The third kappa shape index (κ3) is 3.70. The Morgan fingerprint density at radius 1 is 1.32 bits per heavy atom. The van der Waals surface area contributed by atoms with Crippen molar-refractivity contribution in [1.29, 1.82) is 0 Å². The zero-order chi connectivity index (χ0) is 13.7. The van der Waals surface area contributed by atoms with Crippen LogP contribution in [0.25, 0.3) is 0 Å². The molecule has 0 saturated heterocycles. The standard InChI is InChI=1S/C14H18ClN3O/c1-3-5-12-17-13(15)10(2)14(18-12)16-8-7-11-6-4-9-19-11/h4,6,9H,3,5,7-8H2,1-2H3,(H,16,17,18). The van der Waals surface area contributed by atoms with Crippen molar-refractivity contribution in [2.24, 2.45) is 0 Å². The fourth-order valence-corrected chi connectivity index (χ4v) is 1.99. The van der Waals surface area contributed by atoms with Crippen molar-refractivity contribution in [3.63, 3.8) is 0 Å². The summed E-state index contributed by atoms with van der Waals surface area (Å²) in [4.78, 5) is 8.78. The van der Waals surface area contributed by atoms with E-state index in [0.717, 1.165) is 48.8 Å². The summed E-state index contributed by atoms with van der Waals surface area (Å²) < 4.78 is 5.29. The fourth-order valence-electron chi connectivity index (χ4n) is 1.80. The average molecular weight is 280 g/mol. The van der Waals surface area contributed by atoms with E-state index in [4.69, 9.17) is 16.0 Å². The van der Waals surface area contributed by atoms with Crippen molar-refractivity contribution in [2.45, 2.75) is 33.1 Å². The molecule has 2 rings (SSSR count). The summed E-state index contributed by atoms with van der Waals surface area (Å²) >= 11 is 6.12. The van der Waals surface area contributed by atoms with E-state index >= 15 is 0 Å². The minimum Gasteiger partial charge on any atom is -0.469 e. The highest BCUT2D eigenvalue weighted by Crippen LogP contribution is 2.20. The number of hydrogen-bond acceptors (Lipinski definition) is 4. The molecule has 0 radical (unpaired) electrons. The molecular weight excluding hydrogens is 262 g/mol. The molecule has 0 bridgehead atoms. The molecule has 2 aromatic heterocycles. The van der Waals surface area contributed by atoms with Gasteiger partial charge >= 0.3 is 0 Å². The number of halogens is 1. The highest BCUT2D eigenvalue weighted by molar-refractivity contribution is 6.30. The first kappa shape index (κ1) is 13.9. The van der Waals surface area contributed by atoms with Crippen molar-refractivity contribution in [3.05, 3.63) is 40.7 Å². The number of aromatic nitrogens is 2. The van der Waals surface area contributed by atoms with E-state index in [1.54, 1.807) is 6.26 Å². The van der Waals surface area contributed by atoms with Crippen LogP contribution >= 0.6 is 11.6 Å². The molecule has 0 aliphatic carbocycles. The van der Waals surface area contributed by atoms with Crippen LogP contribution in [0.1, 0.15) is 30.5 Å². The monoisotopic (exact) mass is 279 g/mol. The second-order valence-electron chi connectivity index (χ2n) is 4.41. The van der Waals surface area contributed by atoms with Crippen molar-refractivity contribution in [2.75, 3.05) is 11.9 Å². The van der Waals surface area contributed by atoms with Gasteiger partial charge in [0.1, 0.15) is 22.6 Å². The lowest BCUT2D eigenvalue weighted by Crippen LogP contribution is -2.10. The van der Waals surface area contributed by atoms with Gasteiger partial charge in [0.15, 0.2) is 0 Å². The molecule has 0 aromatic carbocycles. The lowest BCUT2D eigenvalue weighted by molar-refractivity contribution is 0.513. The molecule has 0 amide bonds. The Hall–Kier alpha value is -1.55. The molecular formula is C14H18ClN3O. The first-order valence-corrected chi connectivity index (χ1v) is 6.87. The maximum absolute atomic E-state index is 6.12. The Morgan fingerprint density at radius 3 is 2.84 bits per heavy atom. The summed E-state index contributed by atoms with van der Waals surface area (Å²) in [5.41, 5.74) is 0.890. The van der Waals surface area contributed by atoms with E-state index in [1.807, 2.05) is 19.1 Å². The molecule has 0 atom stereocenters. The quantitative estimate of drug-likeness (QED) is 0.820. The molecule has 4 nitrogen and oxygen atoms in total. The molecule has 0 saturated carbocycles. The first-order valence-electron chi connectivity index (χ1n) is 6.50. The van der Waals surface area contributed by atoms with Crippen molar-refractivity contribution < 1.29 is 4.42 Å². The molecule has 1 N–H and O–H groups in total. The van der Waals surface area contributed by atoms with E-state index in [2.05, 4.69) is 22.2 Å². The molecule has 0 aliphatic rings. The van der Waals surface area contributed by atoms with E-state index in [-0.39, 0.29) is 0 Å². The van der Waals surface area contributed by atoms with Crippen molar-refractivity contribution >= 4 is 17.4 Å². The number of anilines is 1. The second kappa shape index (κ2) is 6.57. The third-order valence-electron chi connectivity index (χ3n) is 2.85. The van der Waals surface area contributed by atoms with Crippen molar-refractivity contribution in [3.8, 4) is 0 Å². The van der Waals surface area contributed by atoms with Crippen LogP contribution in [-0.2, 0) is 12.8 Å². The van der Waals surface area contributed by atoms with Gasteiger partial charge in [-0.25, -0.2) is 9.97 Å². The van der Waals surface area contributed by atoms with Gasteiger partial charge in [-0.15, -0.1) is 0 Å². The van der Waals surface area contributed by atoms with Crippen LogP contribution < -0.4 is 5.32 Å². The molecule has 0 aliphatic heterocycles. The van der Waals surface area contributed by atoms with Gasteiger partial charge in [0.2, 0.25) is 0 Å². The van der Waals surface area contributed by atoms with Gasteiger partial charge in [0.05, 0.1) is 6.26 Å². The van der Waals surface area contributed by atoms with Gasteiger partial charge < -0.3 is 9.73 Å². The van der Waals surface area contributed by atoms with Crippen LogP contribution in [0.4, 0.5) is 5.82 Å². The van der Waals surface area contributed by atoms with Crippen LogP contribution in [-0.4, -0.2) is 16.5 Å². The molecule has 0 fully saturated rings. The Morgan fingerprint density at radius 2 is 2.16 bits per heavy atom. The molecule has 19 heavy (non-hydrogen) atoms. The maximum atomic E-state index is 6.12. The Bertz CT molecular complexity index is 526. The van der Waals surface area contributed by atoms with Crippen LogP contribution in [0.2, 0.25) is 5.15 Å². The Labute approximate surface area is 118 Å². The molecule has 5 heteroatoms. The normalized spacial score (nSPS) is 10.7. The van der Waals surface area contributed by atoms with Crippen molar-refractivity contribution in [1.82, 2.24) is 9.97 Å². The van der Waals surface area contributed by atoms with Gasteiger partial charge in [-0.05, 0) is 25.5 Å². The number of furan rings is 1. The zero-order valence-electron chi connectivity index (χ0n) is 11.2. The molecule has 0 unspecified atom stereocenters. The molecule has 2 heterocycles. The van der Waals surface area contributed by atoms with E-state index in [1.165, 1.54) is 0 Å². The number of nitrogens with one attached hydrogen (secondary N) is 1. The van der Waals surface area contributed by atoms with E-state index in [0.29, 0.717) is 5.15 Å². The summed E-state index contributed by atoms with van der Waals surface area (Å²) in [5, 5.41) is 3.82. The number of nitrogens with zero attached hydrogens (tertiary/aromatic N) is 2.